The standard InChI is InChI=1S/C25H25N3O7S2/c1-15-24(36(32,33)16-7-5-4-6-8-16)18(10-12-23(29)30)22(26-15)14-20-19-13-17(37(34,35)28(2)3)9-11-21(19)27-25(20)31/h4-9,11,13-14,26H,10,12H2,1-3H3,(H,27,31)(H,29,30)/b20-14+. The summed E-state index contributed by atoms with van der Waals surface area (Å²) in [5.41, 5.74) is 1.63. The number of hydrogen-bond acceptors (Lipinski definition) is 6. The third kappa shape index (κ3) is 4.82. The van der Waals surface area contributed by atoms with Gasteiger partial charge in [0.2, 0.25) is 19.9 Å². The number of sulfone groups is 1. The molecule has 0 saturated carbocycles. The van der Waals surface area contributed by atoms with E-state index in [1.54, 1.807) is 25.1 Å². The molecule has 1 amide bonds. The minimum absolute atomic E-state index is 0.0141. The summed E-state index contributed by atoms with van der Waals surface area (Å²) in [5.74, 6) is -1.61. The maximum Gasteiger partial charge on any atom is 0.303 e. The van der Waals surface area contributed by atoms with Crippen LogP contribution >= 0.6 is 0 Å². The highest BCUT2D eigenvalue weighted by atomic mass is 32.2. The Bertz CT molecular complexity index is 1650. The smallest absolute Gasteiger partial charge is 0.303 e. The van der Waals surface area contributed by atoms with Crippen molar-refractivity contribution in [3.63, 3.8) is 0 Å². The maximum atomic E-state index is 13.5. The Labute approximate surface area is 214 Å². The first kappa shape index (κ1) is 26.3. The van der Waals surface area contributed by atoms with Crippen LogP contribution in [0.5, 0.6) is 0 Å². The van der Waals surface area contributed by atoms with E-state index in [1.807, 2.05) is 0 Å². The number of anilines is 1. The summed E-state index contributed by atoms with van der Waals surface area (Å²) in [5, 5.41) is 12.0. The van der Waals surface area contributed by atoms with Gasteiger partial charge < -0.3 is 15.4 Å². The van der Waals surface area contributed by atoms with Crippen LogP contribution in [0.1, 0.15) is 28.9 Å². The van der Waals surface area contributed by atoms with E-state index in [-0.39, 0.29) is 44.4 Å². The number of nitrogens with one attached hydrogen (secondary N) is 2. The molecule has 0 fully saturated rings. The van der Waals surface area contributed by atoms with Gasteiger partial charge in [-0.25, -0.2) is 21.1 Å². The fourth-order valence-corrected chi connectivity index (χ4v) is 6.86. The van der Waals surface area contributed by atoms with Crippen molar-refractivity contribution in [3.8, 4) is 0 Å². The Morgan fingerprint density at radius 3 is 2.32 bits per heavy atom. The third-order valence-corrected chi connectivity index (χ3v) is 9.81. The molecule has 0 radical (unpaired) electrons. The van der Waals surface area contributed by atoms with Gasteiger partial charge in [-0.05, 0) is 55.3 Å². The molecule has 12 heteroatoms. The first-order valence-electron chi connectivity index (χ1n) is 11.2. The summed E-state index contributed by atoms with van der Waals surface area (Å²) in [7, 11) is -4.99. The number of sulfonamides is 1. The topological polar surface area (TPSA) is 154 Å². The number of aromatic amines is 1. The van der Waals surface area contributed by atoms with E-state index in [0.29, 0.717) is 16.9 Å². The van der Waals surface area contributed by atoms with E-state index in [4.69, 9.17) is 0 Å². The third-order valence-electron chi connectivity index (χ3n) is 6.01. The number of rotatable bonds is 8. The average Bonchev–Trinajstić information content (AvgIpc) is 3.33. The lowest BCUT2D eigenvalue weighted by Crippen LogP contribution is -2.22. The lowest BCUT2D eigenvalue weighted by atomic mass is 10.0. The molecule has 3 aromatic rings. The number of aryl methyl sites for hydroxylation is 1. The van der Waals surface area contributed by atoms with Gasteiger partial charge in [-0.2, -0.15) is 0 Å². The van der Waals surface area contributed by atoms with Crippen LogP contribution in [0.3, 0.4) is 0 Å². The quantitative estimate of drug-likeness (QED) is 0.369. The van der Waals surface area contributed by atoms with Crippen molar-refractivity contribution in [2.45, 2.75) is 34.5 Å². The molecule has 1 aliphatic rings. The van der Waals surface area contributed by atoms with Crippen molar-refractivity contribution in [2.24, 2.45) is 0 Å². The average molecular weight is 544 g/mol. The highest BCUT2D eigenvalue weighted by Crippen LogP contribution is 2.37. The van der Waals surface area contributed by atoms with Gasteiger partial charge in [0.25, 0.3) is 5.91 Å². The summed E-state index contributed by atoms with van der Waals surface area (Å²) in [6.07, 6.45) is 0.990. The molecule has 3 N–H and O–H groups in total. The van der Waals surface area contributed by atoms with Gasteiger partial charge in [-0.15, -0.1) is 0 Å². The number of H-pyrrole nitrogens is 1. The number of carbonyl (C=O) groups is 2. The summed E-state index contributed by atoms with van der Waals surface area (Å²) < 4.78 is 53.4. The first-order valence-corrected chi connectivity index (χ1v) is 14.1. The Kier molecular flexibility index (Phi) is 6.84. The predicted octanol–water partition coefficient (Wildman–Crippen LogP) is 2.92. The molecule has 0 atom stereocenters. The van der Waals surface area contributed by atoms with Crippen molar-refractivity contribution in [3.05, 3.63) is 71.0 Å². The van der Waals surface area contributed by atoms with Gasteiger partial charge in [-0.3, -0.25) is 9.59 Å². The number of hydrogen-bond donors (Lipinski definition) is 3. The van der Waals surface area contributed by atoms with Crippen molar-refractivity contribution < 1.29 is 31.5 Å². The molecule has 10 nitrogen and oxygen atoms in total. The zero-order chi connectivity index (χ0) is 27.1. The van der Waals surface area contributed by atoms with E-state index >= 15 is 0 Å². The molecule has 4 rings (SSSR count). The molecule has 0 unspecified atom stereocenters. The lowest BCUT2D eigenvalue weighted by molar-refractivity contribution is -0.137. The highest BCUT2D eigenvalue weighted by Gasteiger charge is 2.31. The van der Waals surface area contributed by atoms with Gasteiger partial charge >= 0.3 is 5.97 Å². The number of carboxylic acids is 1. The molecule has 0 aliphatic carbocycles. The number of benzene rings is 2. The SMILES string of the molecule is Cc1[nH]c(/C=C2/C(=O)Nc3ccc(S(=O)(=O)N(C)C)cc32)c(CCC(=O)O)c1S(=O)(=O)c1ccccc1. The molecule has 2 aromatic carbocycles. The van der Waals surface area contributed by atoms with E-state index < -0.39 is 31.7 Å². The predicted molar refractivity (Wildman–Crippen MR) is 137 cm³/mol. The van der Waals surface area contributed by atoms with Gasteiger partial charge in [0, 0.05) is 43.2 Å². The zero-order valence-electron chi connectivity index (χ0n) is 20.3. The molecule has 0 bridgehead atoms. The van der Waals surface area contributed by atoms with Gasteiger partial charge in [0.05, 0.1) is 20.3 Å². The van der Waals surface area contributed by atoms with E-state index in [9.17, 15) is 31.5 Å². The van der Waals surface area contributed by atoms with Crippen LogP contribution in [0, 0.1) is 6.92 Å². The number of aromatic nitrogens is 1. The van der Waals surface area contributed by atoms with Crippen LogP contribution in [-0.2, 0) is 35.9 Å². The van der Waals surface area contributed by atoms with E-state index in [1.165, 1.54) is 50.5 Å². The number of fused-ring (bicyclic) bond motifs is 1. The van der Waals surface area contributed by atoms with Crippen LogP contribution in [-0.4, -0.2) is 57.2 Å². The van der Waals surface area contributed by atoms with Crippen molar-refractivity contribution >= 4 is 49.1 Å². The van der Waals surface area contributed by atoms with Crippen molar-refractivity contribution in [2.75, 3.05) is 19.4 Å². The second-order valence-electron chi connectivity index (χ2n) is 8.69. The maximum absolute atomic E-state index is 13.5. The molecular weight excluding hydrogens is 518 g/mol. The van der Waals surface area contributed by atoms with Crippen molar-refractivity contribution in [1.82, 2.24) is 9.29 Å². The van der Waals surface area contributed by atoms with Crippen LogP contribution < -0.4 is 5.32 Å². The second kappa shape index (κ2) is 9.61. The number of carboxylic acid groups (broad SMARTS) is 1. The number of carbonyl (C=O) groups excluding carboxylic acids is 1. The van der Waals surface area contributed by atoms with E-state index in [2.05, 4.69) is 10.3 Å². The largest absolute Gasteiger partial charge is 0.481 e. The van der Waals surface area contributed by atoms with Crippen LogP contribution in [0.25, 0.3) is 11.6 Å². The first-order chi connectivity index (χ1) is 17.3. The van der Waals surface area contributed by atoms with Crippen LogP contribution in [0.4, 0.5) is 5.69 Å². The lowest BCUT2D eigenvalue weighted by Gasteiger charge is -2.12. The normalized spacial score (nSPS) is 14.7. The number of amides is 1. The number of nitrogens with zero attached hydrogens (tertiary/aromatic N) is 1. The minimum atomic E-state index is -4.01. The molecule has 0 spiro atoms. The Hall–Kier alpha value is -3.74. The Morgan fingerprint density at radius 1 is 1.03 bits per heavy atom. The monoisotopic (exact) mass is 543 g/mol. The summed E-state index contributed by atoms with van der Waals surface area (Å²) >= 11 is 0. The van der Waals surface area contributed by atoms with Crippen LogP contribution in [0.2, 0.25) is 0 Å². The van der Waals surface area contributed by atoms with Gasteiger partial charge in [-0.1, -0.05) is 18.2 Å². The zero-order valence-corrected chi connectivity index (χ0v) is 21.9. The summed E-state index contributed by atoms with van der Waals surface area (Å²) in [6, 6.07) is 12.0. The molecule has 1 aliphatic heterocycles. The van der Waals surface area contributed by atoms with Crippen LogP contribution in [0.15, 0.2) is 63.2 Å². The second-order valence-corrected chi connectivity index (χ2v) is 12.7. The Balaban J connectivity index is 1.91. The molecule has 194 valence electrons. The highest BCUT2D eigenvalue weighted by molar-refractivity contribution is 7.91. The minimum Gasteiger partial charge on any atom is -0.481 e. The van der Waals surface area contributed by atoms with Gasteiger partial charge in [0.15, 0.2) is 0 Å². The Morgan fingerprint density at radius 2 is 1.70 bits per heavy atom. The fourth-order valence-electron chi connectivity index (χ4n) is 4.19. The van der Waals surface area contributed by atoms with Gasteiger partial charge in [0.1, 0.15) is 0 Å². The molecular formula is C25H25N3O7S2. The molecule has 1 aromatic heterocycles. The summed E-state index contributed by atoms with van der Waals surface area (Å²) in [4.78, 5) is 27.2. The number of aliphatic carboxylic acids is 1. The summed E-state index contributed by atoms with van der Waals surface area (Å²) in [6.45, 7) is 1.56. The van der Waals surface area contributed by atoms with E-state index in [0.717, 1.165) is 4.31 Å². The molecule has 37 heavy (non-hydrogen) atoms. The van der Waals surface area contributed by atoms with Crippen molar-refractivity contribution in [1.29, 1.82) is 0 Å². The molecule has 0 saturated heterocycles. The molecule has 2 heterocycles. The fraction of sp³-hybridized carbons (Fsp3) is 0.200.